The number of benzene rings is 1. The molecule has 138 valence electrons. The van der Waals surface area contributed by atoms with Crippen molar-refractivity contribution in [2.24, 2.45) is 0 Å². The van der Waals surface area contributed by atoms with Crippen molar-refractivity contribution >= 4 is 17.5 Å². The molecular weight excluding hydrogens is 318 g/mol. The number of anilines is 1. The van der Waals surface area contributed by atoms with Gasteiger partial charge in [0.1, 0.15) is 5.75 Å². The van der Waals surface area contributed by atoms with Gasteiger partial charge < -0.3 is 15.0 Å². The minimum atomic E-state index is -0.150. The van der Waals surface area contributed by atoms with Crippen LogP contribution < -0.4 is 10.1 Å². The van der Waals surface area contributed by atoms with Crippen LogP contribution in [0.15, 0.2) is 24.3 Å². The van der Waals surface area contributed by atoms with Crippen LogP contribution in [0.5, 0.6) is 5.75 Å². The zero-order valence-electron chi connectivity index (χ0n) is 15.6. The first-order valence-electron chi connectivity index (χ1n) is 8.84. The van der Waals surface area contributed by atoms with E-state index < -0.39 is 0 Å². The molecule has 1 aromatic rings. The van der Waals surface area contributed by atoms with Crippen molar-refractivity contribution in [3.63, 3.8) is 0 Å². The van der Waals surface area contributed by atoms with E-state index in [2.05, 4.69) is 19.2 Å². The lowest BCUT2D eigenvalue weighted by Crippen LogP contribution is -2.51. The normalized spacial score (nSPS) is 20.4. The van der Waals surface area contributed by atoms with Crippen LogP contribution in [0.2, 0.25) is 0 Å². The quantitative estimate of drug-likeness (QED) is 0.858. The minimum absolute atomic E-state index is 0.0939. The highest BCUT2D eigenvalue weighted by atomic mass is 16.5. The van der Waals surface area contributed by atoms with Crippen molar-refractivity contribution in [1.29, 1.82) is 0 Å². The lowest BCUT2D eigenvalue weighted by atomic mass is 9.97. The molecule has 2 amide bonds. The van der Waals surface area contributed by atoms with Crippen LogP contribution >= 0.6 is 0 Å². The van der Waals surface area contributed by atoms with Gasteiger partial charge in [-0.15, -0.1) is 0 Å². The highest BCUT2D eigenvalue weighted by Gasteiger charge is 2.29. The summed E-state index contributed by atoms with van der Waals surface area (Å²) in [6.45, 7) is 4.62. The van der Waals surface area contributed by atoms with Gasteiger partial charge in [0.15, 0.2) is 0 Å². The van der Waals surface area contributed by atoms with Crippen LogP contribution in [0.4, 0.5) is 5.69 Å². The van der Waals surface area contributed by atoms with Gasteiger partial charge in [-0.05, 0) is 52.3 Å². The molecule has 0 unspecified atom stereocenters. The summed E-state index contributed by atoms with van der Waals surface area (Å²) in [4.78, 5) is 28.5. The van der Waals surface area contributed by atoms with Gasteiger partial charge >= 0.3 is 0 Å². The number of carbonyl (C=O) groups is 2. The monoisotopic (exact) mass is 347 g/mol. The predicted molar refractivity (Wildman–Crippen MR) is 98.7 cm³/mol. The Hall–Kier alpha value is -2.08. The molecule has 1 N–H and O–H groups in total. The largest absolute Gasteiger partial charge is 0.497 e. The number of piperidine rings is 1. The number of likely N-dealkylation sites (N-methyl/N-ethyl adjacent to an activating group) is 1. The fourth-order valence-corrected chi connectivity index (χ4v) is 3.43. The first-order valence-corrected chi connectivity index (χ1v) is 8.84. The first kappa shape index (κ1) is 19.2. The van der Waals surface area contributed by atoms with E-state index in [0.29, 0.717) is 11.4 Å². The second-order valence-electron chi connectivity index (χ2n) is 6.88. The van der Waals surface area contributed by atoms with Gasteiger partial charge in [-0.1, -0.05) is 6.07 Å². The van der Waals surface area contributed by atoms with Crippen molar-refractivity contribution in [1.82, 2.24) is 9.80 Å². The van der Waals surface area contributed by atoms with Crippen molar-refractivity contribution in [3.8, 4) is 5.75 Å². The van der Waals surface area contributed by atoms with E-state index in [4.69, 9.17) is 4.74 Å². The summed E-state index contributed by atoms with van der Waals surface area (Å²) < 4.78 is 5.15. The second-order valence-corrected chi connectivity index (χ2v) is 6.88. The number of ether oxygens (including phenoxy) is 1. The number of hydrogen-bond donors (Lipinski definition) is 1. The Kier molecular flexibility index (Phi) is 6.82. The average molecular weight is 347 g/mol. The van der Waals surface area contributed by atoms with E-state index >= 15 is 0 Å². The Morgan fingerprint density at radius 3 is 2.56 bits per heavy atom. The Morgan fingerprint density at radius 1 is 1.24 bits per heavy atom. The molecular formula is C19H29N3O3. The lowest BCUT2D eigenvalue weighted by molar-refractivity contribution is -0.138. The first-order chi connectivity index (χ1) is 11.9. The molecule has 2 atom stereocenters. The van der Waals surface area contributed by atoms with Crippen molar-refractivity contribution < 1.29 is 14.3 Å². The van der Waals surface area contributed by atoms with Crippen molar-refractivity contribution in [2.75, 3.05) is 32.6 Å². The number of carbonyl (C=O) groups excluding carboxylic acids is 2. The van der Waals surface area contributed by atoms with Gasteiger partial charge in [0, 0.05) is 23.8 Å². The Balaban J connectivity index is 1.85. The number of rotatable bonds is 6. The maximum atomic E-state index is 12.6. The fourth-order valence-electron chi connectivity index (χ4n) is 3.43. The maximum absolute atomic E-state index is 12.6. The highest BCUT2D eigenvalue weighted by Crippen LogP contribution is 2.22. The van der Waals surface area contributed by atoms with Gasteiger partial charge in [0.2, 0.25) is 11.8 Å². The number of amides is 2. The second kappa shape index (κ2) is 8.85. The van der Waals surface area contributed by atoms with Crippen molar-refractivity contribution in [2.45, 2.75) is 45.2 Å². The third-order valence-electron chi connectivity index (χ3n) is 4.65. The van der Waals surface area contributed by atoms with Gasteiger partial charge in [0.05, 0.1) is 20.2 Å². The van der Waals surface area contributed by atoms with Gasteiger partial charge in [-0.3, -0.25) is 14.5 Å². The molecule has 0 aliphatic carbocycles. The zero-order chi connectivity index (χ0) is 18.4. The number of likely N-dealkylation sites (tertiary alicyclic amines) is 1. The molecule has 0 aromatic heterocycles. The van der Waals surface area contributed by atoms with Crippen LogP contribution in [0.3, 0.4) is 0 Å². The van der Waals surface area contributed by atoms with E-state index in [1.165, 1.54) is 6.42 Å². The van der Waals surface area contributed by atoms with Crippen LogP contribution in [0, 0.1) is 0 Å². The number of nitrogens with one attached hydrogen (secondary N) is 1. The molecule has 6 heteroatoms. The molecule has 0 saturated carbocycles. The molecule has 1 fully saturated rings. The van der Waals surface area contributed by atoms with Gasteiger partial charge in [-0.2, -0.15) is 0 Å². The fraction of sp³-hybridized carbons (Fsp3) is 0.579. The minimum Gasteiger partial charge on any atom is -0.497 e. The molecule has 0 spiro atoms. The molecule has 1 aliphatic heterocycles. The Bertz CT molecular complexity index is 595. The van der Waals surface area contributed by atoms with E-state index in [0.717, 1.165) is 12.8 Å². The van der Waals surface area contributed by atoms with Crippen LogP contribution in [-0.2, 0) is 9.59 Å². The molecule has 0 bridgehead atoms. The Labute approximate surface area is 150 Å². The summed E-state index contributed by atoms with van der Waals surface area (Å²) in [6, 6.07) is 7.76. The van der Waals surface area contributed by atoms with E-state index in [9.17, 15) is 9.59 Å². The van der Waals surface area contributed by atoms with Gasteiger partial charge in [0.25, 0.3) is 0 Å². The topological polar surface area (TPSA) is 61.9 Å². The predicted octanol–water partition coefficient (Wildman–Crippen LogP) is 2.35. The zero-order valence-corrected chi connectivity index (χ0v) is 15.6. The molecule has 6 nitrogen and oxygen atoms in total. The average Bonchev–Trinajstić information content (AvgIpc) is 2.54. The molecule has 1 saturated heterocycles. The number of hydrogen-bond acceptors (Lipinski definition) is 4. The third kappa shape index (κ3) is 5.46. The van der Waals surface area contributed by atoms with E-state index in [1.807, 2.05) is 23.1 Å². The van der Waals surface area contributed by atoms with E-state index in [1.54, 1.807) is 25.1 Å². The van der Waals surface area contributed by atoms with Gasteiger partial charge in [-0.25, -0.2) is 0 Å². The summed E-state index contributed by atoms with van der Waals surface area (Å²) in [6.07, 6.45) is 3.27. The molecule has 1 heterocycles. The smallest absolute Gasteiger partial charge is 0.238 e. The number of nitrogens with zero attached hydrogens (tertiary/aromatic N) is 2. The Morgan fingerprint density at radius 2 is 1.92 bits per heavy atom. The summed E-state index contributed by atoms with van der Waals surface area (Å²) in [5.41, 5.74) is 0.683. The van der Waals surface area contributed by atoms with Crippen LogP contribution in [0.1, 0.15) is 33.1 Å². The third-order valence-corrected chi connectivity index (χ3v) is 4.65. The van der Waals surface area contributed by atoms with Crippen LogP contribution in [0.25, 0.3) is 0 Å². The molecule has 25 heavy (non-hydrogen) atoms. The standard InChI is InChI=1S/C19H29N3O3/c1-14-7-5-8-15(2)22(14)19(24)13-21(3)12-18(23)20-16-9-6-10-17(11-16)25-4/h6,9-11,14-15H,5,7-8,12-13H2,1-4H3,(H,20,23)/t14-,15-/m0/s1. The molecule has 1 aromatic carbocycles. The number of methoxy groups -OCH3 is 1. The van der Waals surface area contributed by atoms with Crippen molar-refractivity contribution in [3.05, 3.63) is 24.3 Å². The summed E-state index contributed by atoms with van der Waals surface area (Å²) in [7, 11) is 3.38. The SMILES string of the molecule is COc1cccc(NC(=O)CN(C)CC(=O)N2[C@@H](C)CCC[C@@H]2C)c1. The molecule has 2 rings (SSSR count). The summed E-state index contributed by atoms with van der Waals surface area (Å²) in [5, 5.41) is 2.83. The summed E-state index contributed by atoms with van der Waals surface area (Å²) >= 11 is 0. The summed E-state index contributed by atoms with van der Waals surface area (Å²) in [5.74, 6) is 0.633. The van der Waals surface area contributed by atoms with Crippen LogP contribution in [-0.4, -0.2) is 60.9 Å². The lowest BCUT2D eigenvalue weighted by Gasteiger charge is -2.39. The molecule has 1 aliphatic rings. The van der Waals surface area contributed by atoms with E-state index in [-0.39, 0.29) is 37.0 Å². The maximum Gasteiger partial charge on any atom is 0.238 e. The molecule has 0 radical (unpaired) electrons. The highest BCUT2D eigenvalue weighted by molar-refractivity contribution is 5.92.